The van der Waals surface area contributed by atoms with Crippen molar-refractivity contribution in [2.75, 3.05) is 6.54 Å². The number of urea groups is 1. The zero-order valence-electron chi connectivity index (χ0n) is 13.2. The summed E-state index contributed by atoms with van der Waals surface area (Å²) in [5.74, 6) is -0.774. The summed E-state index contributed by atoms with van der Waals surface area (Å²) < 4.78 is 0. The van der Waals surface area contributed by atoms with Crippen molar-refractivity contribution in [3.8, 4) is 0 Å². The molecule has 5 heteroatoms. The van der Waals surface area contributed by atoms with Crippen molar-refractivity contribution >= 4 is 12.0 Å². The minimum atomic E-state index is -0.774. The van der Waals surface area contributed by atoms with Crippen molar-refractivity contribution in [3.05, 3.63) is 0 Å². The molecule has 2 amide bonds. The van der Waals surface area contributed by atoms with Crippen molar-refractivity contribution in [2.45, 2.75) is 71.3 Å². The van der Waals surface area contributed by atoms with Crippen molar-refractivity contribution in [2.24, 2.45) is 10.8 Å². The Labute approximate surface area is 126 Å². The Bertz CT molecular complexity index is 400. The maximum Gasteiger partial charge on any atom is 0.315 e. The van der Waals surface area contributed by atoms with Gasteiger partial charge in [0.25, 0.3) is 0 Å². The van der Waals surface area contributed by atoms with Gasteiger partial charge in [0.15, 0.2) is 0 Å². The molecule has 120 valence electrons. The number of carboxylic acids is 1. The second-order valence-corrected chi connectivity index (χ2v) is 7.58. The van der Waals surface area contributed by atoms with Gasteiger partial charge in [0.1, 0.15) is 0 Å². The molecule has 3 N–H and O–H groups in total. The first-order chi connectivity index (χ1) is 9.83. The predicted molar refractivity (Wildman–Crippen MR) is 81.1 cm³/mol. The first kappa shape index (κ1) is 16.1. The third-order valence-corrected chi connectivity index (χ3v) is 5.16. The number of nitrogens with one attached hydrogen (secondary N) is 2. The largest absolute Gasteiger partial charge is 0.481 e. The number of aliphatic carboxylic acids is 1. The molecule has 2 rings (SSSR count). The van der Waals surface area contributed by atoms with Gasteiger partial charge in [-0.1, -0.05) is 33.1 Å². The molecule has 0 aliphatic heterocycles. The third kappa shape index (κ3) is 4.11. The Morgan fingerprint density at radius 1 is 1.14 bits per heavy atom. The van der Waals surface area contributed by atoms with Crippen LogP contribution < -0.4 is 10.6 Å². The zero-order valence-corrected chi connectivity index (χ0v) is 13.2. The van der Waals surface area contributed by atoms with Crippen LogP contribution in [0.4, 0.5) is 4.79 Å². The number of amides is 2. The minimum absolute atomic E-state index is 0.215. The van der Waals surface area contributed by atoms with Gasteiger partial charge >= 0.3 is 12.0 Å². The number of carboxylic acid groups (broad SMARTS) is 1. The highest BCUT2D eigenvalue weighted by Gasteiger charge is 2.40. The monoisotopic (exact) mass is 296 g/mol. The molecule has 2 saturated carbocycles. The Hall–Kier alpha value is -1.26. The first-order valence-corrected chi connectivity index (χ1v) is 8.11. The topological polar surface area (TPSA) is 78.4 Å². The maximum atomic E-state index is 12.0. The molecule has 1 unspecified atom stereocenters. The van der Waals surface area contributed by atoms with Gasteiger partial charge in [0.2, 0.25) is 0 Å². The standard InChI is InChI=1S/C16H28N2O3/c1-15(2)9-6-12(10-15)18-14(21)17-11-16(13(19)20)7-4-3-5-8-16/h12H,3-11H2,1-2H3,(H,19,20)(H2,17,18,21). The summed E-state index contributed by atoms with van der Waals surface area (Å²) >= 11 is 0. The fourth-order valence-corrected chi connectivity index (χ4v) is 3.74. The molecule has 0 aromatic heterocycles. The summed E-state index contributed by atoms with van der Waals surface area (Å²) in [6.07, 6.45) is 7.42. The highest BCUT2D eigenvalue weighted by molar-refractivity contribution is 5.78. The van der Waals surface area contributed by atoms with Crippen LogP contribution in [0.5, 0.6) is 0 Å². The van der Waals surface area contributed by atoms with E-state index in [-0.39, 0.29) is 18.6 Å². The van der Waals surface area contributed by atoms with E-state index < -0.39 is 11.4 Å². The van der Waals surface area contributed by atoms with Crippen molar-refractivity contribution < 1.29 is 14.7 Å². The molecule has 2 fully saturated rings. The van der Waals surface area contributed by atoms with E-state index >= 15 is 0 Å². The summed E-state index contributed by atoms with van der Waals surface area (Å²) in [5, 5.41) is 15.3. The number of hydrogen-bond acceptors (Lipinski definition) is 2. The van der Waals surface area contributed by atoms with Crippen LogP contribution in [0.1, 0.15) is 65.2 Å². The molecule has 21 heavy (non-hydrogen) atoms. The van der Waals surface area contributed by atoms with Crippen LogP contribution in [0.2, 0.25) is 0 Å². The predicted octanol–water partition coefficient (Wildman–Crippen LogP) is 2.90. The van der Waals surface area contributed by atoms with E-state index in [1.165, 1.54) is 0 Å². The lowest BCUT2D eigenvalue weighted by Crippen LogP contribution is -2.49. The lowest BCUT2D eigenvalue weighted by Gasteiger charge is -2.33. The Morgan fingerprint density at radius 3 is 2.33 bits per heavy atom. The van der Waals surface area contributed by atoms with Gasteiger partial charge < -0.3 is 15.7 Å². The molecular formula is C16H28N2O3. The molecule has 0 aromatic rings. The van der Waals surface area contributed by atoms with E-state index in [9.17, 15) is 14.7 Å². The molecule has 0 radical (unpaired) electrons. The smallest absolute Gasteiger partial charge is 0.315 e. The summed E-state index contributed by atoms with van der Waals surface area (Å²) in [5.41, 5.74) is -0.464. The average molecular weight is 296 g/mol. The number of hydrogen-bond donors (Lipinski definition) is 3. The summed E-state index contributed by atoms with van der Waals surface area (Å²) in [4.78, 5) is 23.5. The molecule has 0 bridgehead atoms. The summed E-state index contributed by atoms with van der Waals surface area (Å²) in [6.45, 7) is 4.67. The highest BCUT2D eigenvalue weighted by Crippen LogP contribution is 2.37. The van der Waals surface area contributed by atoms with Gasteiger partial charge in [-0.15, -0.1) is 0 Å². The first-order valence-electron chi connectivity index (χ1n) is 8.11. The molecule has 2 aliphatic rings. The highest BCUT2D eigenvalue weighted by atomic mass is 16.4. The van der Waals surface area contributed by atoms with Crippen molar-refractivity contribution in [1.29, 1.82) is 0 Å². The van der Waals surface area contributed by atoms with Crippen LogP contribution in [0.3, 0.4) is 0 Å². The van der Waals surface area contributed by atoms with Gasteiger partial charge in [0.05, 0.1) is 5.41 Å². The van der Waals surface area contributed by atoms with E-state index in [1.807, 2.05) is 0 Å². The molecule has 5 nitrogen and oxygen atoms in total. The molecule has 2 aliphatic carbocycles. The van der Waals surface area contributed by atoms with Crippen LogP contribution in [0.25, 0.3) is 0 Å². The van der Waals surface area contributed by atoms with E-state index in [0.717, 1.165) is 38.5 Å². The Kier molecular flexibility index (Phi) is 4.79. The second kappa shape index (κ2) is 6.24. The van der Waals surface area contributed by atoms with Gasteiger partial charge in [-0.3, -0.25) is 4.79 Å². The van der Waals surface area contributed by atoms with Crippen LogP contribution in [-0.4, -0.2) is 29.7 Å². The lowest BCUT2D eigenvalue weighted by atomic mass is 9.74. The molecule has 0 saturated heterocycles. The molecule has 0 aromatic carbocycles. The number of carbonyl (C=O) groups is 2. The van der Waals surface area contributed by atoms with Gasteiger partial charge in [-0.05, 0) is 37.5 Å². The number of rotatable bonds is 4. The lowest BCUT2D eigenvalue weighted by molar-refractivity contribution is -0.150. The van der Waals surface area contributed by atoms with Crippen molar-refractivity contribution in [1.82, 2.24) is 10.6 Å². The Balaban J connectivity index is 1.81. The van der Waals surface area contributed by atoms with Crippen LogP contribution in [-0.2, 0) is 4.79 Å². The fourth-order valence-electron chi connectivity index (χ4n) is 3.74. The average Bonchev–Trinajstić information content (AvgIpc) is 2.76. The molecule has 1 atom stereocenters. The minimum Gasteiger partial charge on any atom is -0.481 e. The van der Waals surface area contributed by atoms with E-state index in [4.69, 9.17) is 0 Å². The van der Waals surface area contributed by atoms with Gasteiger partial charge in [-0.25, -0.2) is 4.79 Å². The van der Waals surface area contributed by atoms with Crippen LogP contribution in [0, 0.1) is 10.8 Å². The van der Waals surface area contributed by atoms with E-state index in [2.05, 4.69) is 24.5 Å². The van der Waals surface area contributed by atoms with Crippen molar-refractivity contribution in [3.63, 3.8) is 0 Å². The van der Waals surface area contributed by atoms with Gasteiger partial charge in [-0.2, -0.15) is 0 Å². The SMILES string of the molecule is CC1(C)CCC(NC(=O)NCC2(C(=O)O)CCCCC2)C1. The molecular weight excluding hydrogens is 268 g/mol. The zero-order chi connectivity index (χ0) is 15.5. The van der Waals surface area contributed by atoms with Crippen LogP contribution in [0.15, 0.2) is 0 Å². The van der Waals surface area contributed by atoms with E-state index in [1.54, 1.807) is 0 Å². The fraction of sp³-hybridized carbons (Fsp3) is 0.875. The van der Waals surface area contributed by atoms with Gasteiger partial charge in [0, 0.05) is 12.6 Å². The molecule has 0 spiro atoms. The summed E-state index contributed by atoms with van der Waals surface area (Å²) in [7, 11) is 0. The Morgan fingerprint density at radius 2 is 1.81 bits per heavy atom. The molecule has 0 heterocycles. The van der Waals surface area contributed by atoms with Crippen LogP contribution >= 0.6 is 0 Å². The maximum absolute atomic E-state index is 12.0. The van der Waals surface area contributed by atoms with E-state index in [0.29, 0.717) is 18.3 Å². The summed E-state index contributed by atoms with van der Waals surface area (Å²) in [6, 6.07) is -0.00367. The second-order valence-electron chi connectivity index (χ2n) is 7.58. The normalized spacial score (nSPS) is 27.0. The third-order valence-electron chi connectivity index (χ3n) is 5.16. The number of carbonyl (C=O) groups excluding carboxylic acids is 1. The quantitative estimate of drug-likeness (QED) is 0.746.